The Hall–Kier alpha value is -3.13. The molecule has 138 valence electrons. The van der Waals surface area contributed by atoms with Crippen LogP contribution in [0.5, 0.6) is 0 Å². The lowest BCUT2D eigenvalue weighted by molar-refractivity contribution is 0.0965. The number of nitrogens with one attached hydrogen (secondary N) is 1. The Balaban J connectivity index is 1.73. The standard InChI is InChI=1S/C19H17FN4O2S/c1-4-17(22-18(25)13-7-5-6-8-14(13)20)27-12(2)16-11-15(23-24(16)3)19-21-9-10-26-19/h4-11H,2H2,1,3H3,(H,22,25)/b17-4-. The molecule has 3 rings (SSSR count). The molecule has 0 aliphatic carbocycles. The third-order valence-corrected chi connectivity index (χ3v) is 4.68. The first-order chi connectivity index (χ1) is 13.0. The molecular formula is C19H17FN4O2S. The lowest BCUT2D eigenvalue weighted by Gasteiger charge is -2.11. The molecule has 0 saturated heterocycles. The normalized spacial score (nSPS) is 11.4. The number of thioether (sulfide) groups is 1. The van der Waals surface area contributed by atoms with E-state index in [2.05, 4.69) is 22.0 Å². The summed E-state index contributed by atoms with van der Waals surface area (Å²) >= 11 is 1.25. The highest BCUT2D eigenvalue weighted by atomic mass is 32.2. The van der Waals surface area contributed by atoms with Gasteiger partial charge in [0.2, 0.25) is 5.89 Å². The molecule has 6 nitrogen and oxygen atoms in total. The number of carbonyl (C=O) groups is 1. The first-order valence-corrected chi connectivity index (χ1v) is 8.84. The number of nitrogens with zero attached hydrogens (tertiary/aromatic N) is 3. The van der Waals surface area contributed by atoms with Crippen LogP contribution in [0.3, 0.4) is 0 Å². The van der Waals surface area contributed by atoms with Gasteiger partial charge in [0.25, 0.3) is 5.91 Å². The molecule has 0 saturated carbocycles. The fourth-order valence-corrected chi connectivity index (χ4v) is 3.17. The quantitative estimate of drug-likeness (QED) is 0.689. The zero-order valence-electron chi connectivity index (χ0n) is 14.8. The Kier molecular flexibility index (Phi) is 5.56. The predicted octanol–water partition coefficient (Wildman–Crippen LogP) is 4.21. The van der Waals surface area contributed by atoms with Gasteiger partial charge >= 0.3 is 0 Å². The zero-order chi connectivity index (χ0) is 19.4. The molecule has 0 bridgehead atoms. The van der Waals surface area contributed by atoms with E-state index < -0.39 is 11.7 Å². The second kappa shape index (κ2) is 8.05. The highest BCUT2D eigenvalue weighted by molar-refractivity contribution is 8.11. The SMILES string of the molecule is C=C(S/C(=C\C)NC(=O)c1ccccc1F)c1cc(-c2ncco2)nn1C. The summed E-state index contributed by atoms with van der Waals surface area (Å²) in [6.07, 6.45) is 4.74. The van der Waals surface area contributed by atoms with E-state index in [1.54, 1.807) is 43.1 Å². The van der Waals surface area contributed by atoms with Gasteiger partial charge in [0, 0.05) is 12.0 Å². The van der Waals surface area contributed by atoms with Crippen molar-refractivity contribution in [2.75, 3.05) is 0 Å². The summed E-state index contributed by atoms with van der Waals surface area (Å²) in [4.78, 5) is 17.0. The monoisotopic (exact) mass is 384 g/mol. The summed E-state index contributed by atoms with van der Waals surface area (Å²) < 4.78 is 20.7. The molecule has 2 aromatic heterocycles. The van der Waals surface area contributed by atoms with Crippen molar-refractivity contribution in [1.29, 1.82) is 0 Å². The first-order valence-electron chi connectivity index (χ1n) is 8.03. The Morgan fingerprint density at radius 1 is 1.41 bits per heavy atom. The Morgan fingerprint density at radius 3 is 2.85 bits per heavy atom. The van der Waals surface area contributed by atoms with Crippen LogP contribution in [0, 0.1) is 5.82 Å². The van der Waals surface area contributed by atoms with Gasteiger partial charge in [-0.2, -0.15) is 5.10 Å². The zero-order valence-corrected chi connectivity index (χ0v) is 15.6. The average molecular weight is 384 g/mol. The first kappa shape index (κ1) is 18.7. The number of aromatic nitrogens is 3. The van der Waals surface area contributed by atoms with Gasteiger partial charge < -0.3 is 9.73 Å². The van der Waals surface area contributed by atoms with Crippen LogP contribution in [-0.2, 0) is 7.05 Å². The molecular weight excluding hydrogens is 367 g/mol. The fraction of sp³-hybridized carbons (Fsp3) is 0.105. The van der Waals surface area contributed by atoms with E-state index in [0.29, 0.717) is 21.5 Å². The highest BCUT2D eigenvalue weighted by Crippen LogP contribution is 2.32. The van der Waals surface area contributed by atoms with E-state index in [1.807, 2.05) is 0 Å². The highest BCUT2D eigenvalue weighted by Gasteiger charge is 2.16. The maximum Gasteiger partial charge on any atom is 0.259 e. The number of rotatable bonds is 6. The molecule has 27 heavy (non-hydrogen) atoms. The summed E-state index contributed by atoms with van der Waals surface area (Å²) in [7, 11) is 1.78. The van der Waals surface area contributed by atoms with Gasteiger partial charge in [0.1, 0.15) is 17.8 Å². The maximum absolute atomic E-state index is 13.8. The van der Waals surface area contributed by atoms with E-state index in [4.69, 9.17) is 4.42 Å². The Labute approximate surface area is 159 Å². The van der Waals surface area contributed by atoms with Crippen molar-refractivity contribution in [3.05, 3.63) is 77.6 Å². The lowest BCUT2D eigenvalue weighted by Crippen LogP contribution is -2.22. The number of benzene rings is 1. The molecule has 1 aromatic carbocycles. The van der Waals surface area contributed by atoms with Crippen molar-refractivity contribution >= 4 is 22.6 Å². The molecule has 0 spiro atoms. The van der Waals surface area contributed by atoms with E-state index in [1.165, 1.54) is 36.2 Å². The number of oxazole rings is 1. The van der Waals surface area contributed by atoms with Gasteiger partial charge in [-0.15, -0.1) is 0 Å². The molecule has 1 amide bonds. The van der Waals surface area contributed by atoms with Crippen molar-refractivity contribution in [1.82, 2.24) is 20.1 Å². The van der Waals surface area contributed by atoms with Crippen molar-refractivity contribution in [2.45, 2.75) is 6.92 Å². The largest absolute Gasteiger partial charge is 0.443 e. The Morgan fingerprint density at radius 2 is 2.19 bits per heavy atom. The van der Waals surface area contributed by atoms with Crippen LogP contribution in [-0.4, -0.2) is 20.7 Å². The van der Waals surface area contributed by atoms with Crippen molar-refractivity contribution in [2.24, 2.45) is 7.05 Å². The second-order valence-corrected chi connectivity index (χ2v) is 6.62. The van der Waals surface area contributed by atoms with Gasteiger partial charge in [-0.1, -0.05) is 36.5 Å². The number of carbonyl (C=O) groups excluding carboxylic acids is 1. The summed E-state index contributed by atoms with van der Waals surface area (Å²) in [5, 5.41) is 7.59. The summed E-state index contributed by atoms with van der Waals surface area (Å²) in [6, 6.07) is 7.62. The predicted molar refractivity (Wildman–Crippen MR) is 103 cm³/mol. The molecule has 2 heterocycles. The minimum atomic E-state index is -0.573. The van der Waals surface area contributed by atoms with Gasteiger partial charge in [0.05, 0.1) is 22.5 Å². The Bertz CT molecular complexity index is 1010. The van der Waals surface area contributed by atoms with Crippen LogP contribution in [0.2, 0.25) is 0 Å². The van der Waals surface area contributed by atoms with Crippen molar-refractivity contribution in [3.8, 4) is 11.6 Å². The minimum absolute atomic E-state index is 0.0187. The topological polar surface area (TPSA) is 73.0 Å². The maximum atomic E-state index is 13.8. The number of hydrogen-bond donors (Lipinski definition) is 1. The summed E-state index contributed by atoms with van der Waals surface area (Å²) in [5.41, 5.74) is 1.30. The molecule has 0 aliphatic heterocycles. The fourth-order valence-electron chi connectivity index (χ4n) is 2.35. The van der Waals surface area contributed by atoms with Gasteiger partial charge in [-0.05, 0) is 25.1 Å². The van der Waals surface area contributed by atoms with Gasteiger partial charge in [-0.3, -0.25) is 9.48 Å². The van der Waals surface area contributed by atoms with Crippen LogP contribution in [0.1, 0.15) is 23.0 Å². The number of hydrogen-bond acceptors (Lipinski definition) is 5. The van der Waals surface area contributed by atoms with Crippen LogP contribution in [0.25, 0.3) is 16.5 Å². The number of allylic oxidation sites excluding steroid dienone is 1. The van der Waals surface area contributed by atoms with Gasteiger partial charge in [-0.25, -0.2) is 9.37 Å². The lowest BCUT2D eigenvalue weighted by atomic mass is 10.2. The smallest absolute Gasteiger partial charge is 0.259 e. The van der Waals surface area contributed by atoms with Crippen molar-refractivity contribution in [3.63, 3.8) is 0 Å². The molecule has 0 radical (unpaired) electrons. The van der Waals surface area contributed by atoms with Crippen LogP contribution in [0.15, 0.2) is 64.9 Å². The molecule has 1 N–H and O–H groups in total. The van der Waals surface area contributed by atoms with E-state index in [0.717, 1.165) is 5.69 Å². The molecule has 0 atom stereocenters. The molecule has 0 fully saturated rings. The molecule has 0 aliphatic rings. The van der Waals surface area contributed by atoms with Gasteiger partial charge in [0.15, 0.2) is 0 Å². The number of aryl methyl sites for hydroxylation is 1. The third-order valence-electron chi connectivity index (χ3n) is 3.67. The summed E-state index contributed by atoms with van der Waals surface area (Å²) in [5.74, 6) is -0.683. The molecule has 8 heteroatoms. The van der Waals surface area contributed by atoms with Crippen molar-refractivity contribution < 1.29 is 13.6 Å². The van der Waals surface area contributed by atoms with E-state index in [-0.39, 0.29) is 5.56 Å². The molecule has 0 unspecified atom stereocenters. The van der Waals surface area contributed by atoms with Crippen LogP contribution < -0.4 is 5.32 Å². The van der Waals surface area contributed by atoms with Crippen LogP contribution >= 0.6 is 11.8 Å². The minimum Gasteiger partial charge on any atom is -0.443 e. The van der Waals surface area contributed by atoms with E-state index in [9.17, 15) is 9.18 Å². The number of amides is 1. The number of halogens is 1. The third kappa shape index (κ3) is 4.17. The second-order valence-electron chi connectivity index (χ2n) is 5.49. The van der Waals surface area contributed by atoms with Crippen LogP contribution in [0.4, 0.5) is 4.39 Å². The molecule has 3 aromatic rings. The summed E-state index contributed by atoms with van der Waals surface area (Å²) in [6.45, 7) is 5.83. The van der Waals surface area contributed by atoms with E-state index >= 15 is 0 Å². The average Bonchev–Trinajstić information content (AvgIpc) is 3.30.